The van der Waals surface area contributed by atoms with Crippen LogP contribution in [-0.4, -0.2) is 31.5 Å². The Morgan fingerprint density at radius 1 is 0.722 bits per heavy atom. The topological polar surface area (TPSA) is 18.5 Å². The zero-order valence-electron chi connectivity index (χ0n) is 23.3. The Kier molecular flexibility index (Phi) is 9.16. The Morgan fingerprint density at radius 2 is 1.31 bits per heavy atom. The lowest BCUT2D eigenvalue weighted by Gasteiger charge is -2.33. The number of unbranched alkanes of at least 4 members (excludes halogenated alkanes) is 6. The molecule has 1 saturated heterocycles. The normalized spacial score (nSPS) is 21.5. The van der Waals surface area contributed by atoms with Gasteiger partial charge in [0.15, 0.2) is 0 Å². The van der Waals surface area contributed by atoms with Crippen LogP contribution in [0.3, 0.4) is 0 Å². The van der Waals surface area contributed by atoms with Crippen molar-refractivity contribution in [3.63, 3.8) is 0 Å². The minimum Gasteiger partial charge on any atom is -0.399 e. The quantitative estimate of drug-likeness (QED) is 0.145. The Hall–Kier alpha value is -1.03. The lowest BCUT2D eigenvalue weighted by atomic mass is 9.68. The van der Waals surface area contributed by atoms with E-state index < -0.39 is 0 Å². The summed E-state index contributed by atoms with van der Waals surface area (Å²) < 4.78 is 13.0. The number of rotatable bonds is 13. The molecule has 5 heteroatoms. The molecule has 1 unspecified atom stereocenters. The van der Waals surface area contributed by atoms with E-state index in [1.165, 1.54) is 87.2 Å². The second-order valence-electron chi connectivity index (χ2n) is 12.0. The molecular weight excluding hydrogens is 506 g/mol. The van der Waals surface area contributed by atoms with Crippen LogP contribution in [0.2, 0.25) is 6.32 Å². The van der Waals surface area contributed by atoms with Crippen molar-refractivity contribution in [3.8, 4) is 11.1 Å². The van der Waals surface area contributed by atoms with Gasteiger partial charge in [0.05, 0.1) is 11.2 Å². The number of hydrogen-bond donors (Lipinski definition) is 0. The van der Waals surface area contributed by atoms with E-state index in [9.17, 15) is 0 Å². The largest absolute Gasteiger partial charge is 0.494 e. The van der Waals surface area contributed by atoms with E-state index in [0.29, 0.717) is 0 Å². The predicted octanol–water partition coefficient (Wildman–Crippen LogP) is 7.60. The van der Waals surface area contributed by atoms with Gasteiger partial charge in [-0.25, -0.2) is 0 Å². The fourth-order valence-corrected chi connectivity index (χ4v) is 6.56. The van der Waals surface area contributed by atoms with Crippen LogP contribution in [0.4, 0.5) is 0 Å². The highest BCUT2D eigenvalue weighted by molar-refractivity contribution is 9.09. The van der Waals surface area contributed by atoms with Gasteiger partial charge in [-0.1, -0.05) is 110 Å². The van der Waals surface area contributed by atoms with Gasteiger partial charge in [0, 0.05) is 10.7 Å². The lowest BCUT2D eigenvalue weighted by molar-refractivity contribution is 0.00578. The lowest BCUT2D eigenvalue weighted by Crippen LogP contribution is -2.41. The highest BCUT2D eigenvalue weighted by atomic mass is 79.9. The Labute approximate surface area is 230 Å². The standard InChI is InChI=1S/C31H45B2BrO2/c1-29(2)30(3,4)36-33(35-29)24-17-18-26-25-15-9-10-16-27(25)31(28(26)23-24,19-11-5-7-13-21-32)20-12-6-8-14-22-34/h9-10,15-18,23H,5-8,11-14,19-22,32H2,1-4H3. The summed E-state index contributed by atoms with van der Waals surface area (Å²) in [6, 6.07) is 16.2. The zero-order valence-corrected chi connectivity index (χ0v) is 24.9. The summed E-state index contributed by atoms with van der Waals surface area (Å²) in [5.41, 5.74) is 6.49. The van der Waals surface area contributed by atoms with Crippen molar-refractivity contribution in [1.82, 2.24) is 0 Å². The van der Waals surface area contributed by atoms with Crippen LogP contribution < -0.4 is 5.46 Å². The maximum atomic E-state index is 6.48. The minimum absolute atomic E-state index is 0.0895. The molecule has 1 aliphatic carbocycles. The van der Waals surface area contributed by atoms with Gasteiger partial charge in [0.25, 0.3) is 0 Å². The van der Waals surface area contributed by atoms with Gasteiger partial charge in [-0.15, -0.1) is 0 Å². The van der Waals surface area contributed by atoms with Gasteiger partial charge in [0.1, 0.15) is 7.85 Å². The SMILES string of the molecule is BCCCCCCC1(CCCCCCBr)c2ccccc2-c2ccc(B3OC(C)(C)C(C)(C)O3)cc21. The highest BCUT2D eigenvalue weighted by Crippen LogP contribution is 2.54. The van der Waals surface area contributed by atoms with E-state index >= 15 is 0 Å². The van der Waals surface area contributed by atoms with Gasteiger partial charge in [-0.3, -0.25) is 0 Å². The summed E-state index contributed by atoms with van der Waals surface area (Å²) in [4.78, 5) is 0. The van der Waals surface area contributed by atoms with Gasteiger partial charge in [-0.2, -0.15) is 0 Å². The molecule has 0 bridgehead atoms. The molecule has 0 N–H and O–H groups in total. The van der Waals surface area contributed by atoms with E-state index in [1.807, 2.05) is 0 Å². The van der Waals surface area contributed by atoms with E-state index in [-0.39, 0.29) is 23.7 Å². The molecule has 2 nitrogen and oxygen atoms in total. The summed E-state index contributed by atoms with van der Waals surface area (Å²) in [6.07, 6.45) is 14.2. The van der Waals surface area contributed by atoms with Gasteiger partial charge in [0.2, 0.25) is 0 Å². The van der Waals surface area contributed by atoms with Crippen LogP contribution in [0.5, 0.6) is 0 Å². The van der Waals surface area contributed by atoms with E-state index in [0.717, 1.165) is 10.8 Å². The number of fused-ring (bicyclic) bond motifs is 3. The Morgan fingerprint density at radius 3 is 1.94 bits per heavy atom. The number of alkyl halides is 1. The predicted molar refractivity (Wildman–Crippen MR) is 162 cm³/mol. The van der Waals surface area contributed by atoms with Crippen molar-refractivity contribution in [2.75, 3.05) is 5.33 Å². The first-order valence-electron chi connectivity index (χ1n) is 14.4. The van der Waals surface area contributed by atoms with Crippen LogP contribution in [-0.2, 0) is 14.7 Å². The molecule has 36 heavy (non-hydrogen) atoms. The van der Waals surface area contributed by atoms with Crippen molar-refractivity contribution in [1.29, 1.82) is 0 Å². The summed E-state index contributed by atoms with van der Waals surface area (Å²) >= 11 is 3.61. The maximum absolute atomic E-state index is 6.48. The first-order chi connectivity index (χ1) is 17.3. The number of hydrogen-bond acceptors (Lipinski definition) is 2. The Bertz CT molecular complexity index is 989. The molecule has 1 heterocycles. The van der Waals surface area contributed by atoms with Gasteiger partial charge >= 0.3 is 7.12 Å². The third kappa shape index (κ3) is 5.54. The molecule has 0 aromatic heterocycles. The molecule has 0 amide bonds. The molecule has 2 aromatic rings. The molecule has 1 atom stereocenters. The number of halogens is 1. The van der Waals surface area contributed by atoms with Crippen LogP contribution in [0.25, 0.3) is 11.1 Å². The third-order valence-electron chi connectivity index (χ3n) is 9.01. The summed E-state index contributed by atoms with van der Waals surface area (Å²) in [6.45, 7) is 8.57. The zero-order chi connectivity index (χ0) is 25.8. The van der Waals surface area contributed by atoms with Crippen LogP contribution >= 0.6 is 15.9 Å². The smallest absolute Gasteiger partial charge is 0.399 e. The molecule has 4 rings (SSSR count). The first kappa shape index (κ1) is 28.0. The fraction of sp³-hybridized carbons (Fsp3) is 0.613. The van der Waals surface area contributed by atoms with Crippen molar-refractivity contribution in [2.24, 2.45) is 0 Å². The van der Waals surface area contributed by atoms with E-state index in [2.05, 4.69) is 93.9 Å². The second-order valence-corrected chi connectivity index (χ2v) is 12.8. The fourth-order valence-electron chi connectivity index (χ4n) is 6.17. The summed E-state index contributed by atoms with van der Waals surface area (Å²) in [7, 11) is 1.99. The molecule has 1 aliphatic heterocycles. The van der Waals surface area contributed by atoms with Gasteiger partial charge in [-0.05, 0) is 74.7 Å². The van der Waals surface area contributed by atoms with Crippen molar-refractivity contribution >= 4 is 36.4 Å². The molecular formula is C31H45B2BrO2. The average molecular weight is 551 g/mol. The second kappa shape index (κ2) is 11.8. The molecule has 1 fully saturated rings. The van der Waals surface area contributed by atoms with Gasteiger partial charge < -0.3 is 9.31 Å². The van der Waals surface area contributed by atoms with Crippen LogP contribution in [0.1, 0.15) is 103 Å². The van der Waals surface area contributed by atoms with Crippen molar-refractivity contribution in [2.45, 2.75) is 115 Å². The first-order valence-corrected chi connectivity index (χ1v) is 15.5. The monoisotopic (exact) mass is 550 g/mol. The Balaban J connectivity index is 1.69. The molecule has 194 valence electrons. The molecule has 0 radical (unpaired) electrons. The molecule has 0 spiro atoms. The minimum atomic E-state index is -0.328. The van der Waals surface area contributed by atoms with Crippen molar-refractivity contribution < 1.29 is 9.31 Å². The average Bonchev–Trinajstić information content (AvgIpc) is 3.25. The number of benzene rings is 2. The molecule has 2 aromatic carbocycles. The molecule has 0 saturated carbocycles. The van der Waals surface area contributed by atoms with E-state index in [1.54, 1.807) is 5.56 Å². The van der Waals surface area contributed by atoms with Crippen LogP contribution in [0, 0.1) is 0 Å². The van der Waals surface area contributed by atoms with Crippen molar-refractivity contribution in [3.05, 3.63) is 53.6 Å². The maximum Gasteiger partial charge on any atom is 0.494 e. The molecule has 2 aliphatic rings. The van der Waals surface area contributed by atoms with Crippen LogP contribution in [0.15, 0.2) is 42.5 Å². The highest BCUT2D eigenvalue weighted by Gasteiger charge is 2.52. The van der Waals surface area contributed by atoms with E-state index in [4.69, 9.17) is 9.31 Å². The summed E-state index contributed by atoms with van der Waals surface area (Å²) in [5.74, 6) is 0. The summed E-state index contributed by atoms with van der Waals surface area (Å²) in [5, 5.41) is 1.11. The third-order valence-corrected chi connectivity index (χ3v) is 9.57.